The van der Waals surface area contributed by atoms with Gasteiger partial charge in [0.05, 0.1) is 11.8 Å². The molecule has 3 fully saturated rings. The maximum atomic E-state index is 13.3. The van der Waals surface area contributed by atoms with E-state index < -0.39 is 17.0 Å². The molecule has 3 N–H and O–H groups in total. The summed E-state index contributed by atoms with van der Waals surface area (Å²) in [7, 11) is 0. The number of furan rings is 1. The second-order valence-corrected chi connectivity index (χ2v) is 11.4. The summed E-state index contributed by atoms with van der Waals surface area (Å²) >= 11 is 1.57. The molecule has 2 saturated carbocycles. The van der Waals surface area contributed by atoms with E-state index in [1.54, 1.807) is 17.8 Å². The first-order valence-electron chi connectivity index (χ1n) is 12.9. The number of fused-ring (bicyclic) bond motifs is 1. The van der Waals surface area contributed by atoms with Gasteiger partial charge in [0.15, 0.2) is 11.3 Å². The maximum Gasteiger partial charge on any atom is 0.287 e. The zero-order valence-electron chi connectivity index (χ0n) is 20.5. The number of hydrogen-bond donors (Lipinski definition) is 3. The zero-order valence-corrected chi connectivity index (χ0v) is 21.3. The monoisotopic (exact) mass is 519 g/mol. The van der Waals surface area contributed by atoms with Gasteiger partial charge in [0, 0.05) is 23.9 Å². The van der Waals surface area contributed by atoms with Crippen molar-refractivity contribution < 1.29 is 18.8 Å². The molecule has 10 heteroatoms. The van der Waals surface area contributed by atoms with Crippen molar-refractivity contribution in [3.8, 4) is 6.07 Å². The number of benzene rings is 1. The van der Waals surface area contributed by atoms with E-state index in [0.29, 0.717) is 37.7 Å². The third-order valence-corrected chi connectivity index (χ3v) is 8.86. The molecule has 2 aliphatic heterocycles. The van der Waals surface area contributed by atoms with Gasteiger partial charge in [0.25, 0.3) is 5.91 Å². The molecule has 6 rings (SSSR count). The van der Waals surface area contributed by atoms with Gasteiger partial charge in [-0.05, 0) is 49.6 Å². The van der Waals surface area contributed by atoms with Crippen LogP contribution in [0, 0.1) is 11.3 Å². The van der Waals surface area contributed by atoms with Crippen LogP contribution in [0.15, 0.2) is 34.1 Å². The minimum absolute atomic E-state index is 0.104. The second-order valence-electron chi connectivity index (χ2n) is 10.5. The Balaban J connectivity index is 1.18. The summed E-state index contributed by atoms with van der Waals surface area (Å²) in [5, 5.41) is 21.5. The third kappa shape index (κ3) is 4.46. The minimum atomic E-state index is -1.04. The molecule has 4 aliphatic rings. The van der Waals surface area contributed by atoms with Crippen LogP contribution < -0.4 is 16.0 Å². The lowest BCUT2D eigenvalue weighted by Crippen LogP contribution is -2.61. The van der Waals surface area contributed by atoms with Crippen molar-refractivity contribution >= 4 is 46.1 Å². The molecule has 9 nitrogen and oxygen atoms in total. The van der Waals surface area contributed by atoms with Crippen LogP contribution in [0.1, 0.15) is 73.9 Å². The van der Waals surface area contributed by atoms with Crippen molar-refractivity contribution in [2.75, 3.05) is 6.54 Å². The van der Waals surface area contributed by atoms with E-state index in [0.717, 1.165) is 48.9 Å². The fourth-order valence-corrected chi connectivity index (χ4v) is 6.47. The van der Waals surface area contributed by atoms with Gasteiger partial charge in [0.2, 0.25) is 11.8 Å². The summed E-state index contributed by atoms with van der Waals surface area (Å²) in [6.45, 7) is 0.761. The van der Waals surface area contributed by atoms with E-state index in [9.17, 15) is 19.6 Å². The predicted octanol–water partition coefficient (Wildman–Crippen LogP) is 3.58. The van der Waals surface area contributed by atoms with E-state index >= 15 is 0 Å². The summed E-state index contributed by atoms with van der Waals surface area (Å²) in [5.74, 6) is -0.394. The highest BCUT2D eigenvalue weighted by Crippen LogP contribution is 2.37. The molecule has 192 valence electrons. The van der Waals surface area contributed by atoms with Crippen molar-refractivity contribution in [3.05, 3.63) is 41.0 Å². The Hall–Kier alpha value is -3.45. The molecular weight excluding hydrogens is 490 g/mol. The van der Waals surface area contributed by atoms with Gasteiger partial charge in [-0.2, -0.15) is 5.26 Å². The van der Waals surface area contributed by atoms with Gasteiger partial charge in [-0.25, -0.2) is 0 Å². The highest BCUT2D eigenvalue weighted by atomic mass is 32.2. The molecule has 3 amide bonds. The summed E-state index contributed by atoms with van der Waals surface area (Å²) in [5.41, 5.74) is 0.452. The number of likely N-dealkylation sites (tertiary alicyclic amines) is 1. The summed E-state index contributed by atoms with van der Waals surface area (Å²) in [6, 6.07) is 9.63. The molecule has 2 aliphatic carbocycles. The molecule has 2 aromatic rings. The van der Waals surface area contributed by atoms with Crippen LogP contribution in [0.4, 0.5) is 0 Å². The first kappa shape index (κ1) is 23.9. The number of thioether (sulfide) groups is 1. The SMILES string of the molecule is N#CC1(NC(=O)C2(NC(=O)c3cc4ccc(C5=CSC(N6CCCC6=O)N5)cc4o3)CCCCC2)CC1. The smallest absolute Gasteiger partial charge is 0.287 e. The number of amides is 3. The van der Waals surface area contributed by atoms with Gasteiger partial charge in [-0.1, -0.05) is 43.2 Å². The van der Waals surface area contributed by atoms with E-state index in [1.165, 1.54) is 0 Å². The molecule has 1 saturated heterocycles. The van der Waals surface area contributed by atoms with Crippen LogP contribution in [0.2, 0.25) is 0 Å². The molecule has 3 heterocycles. The summed E-state index contributed by atoms with van der Waals surface area (Å²) in [6.07, 6.45) is 6.52. The van der Waals surface area contributed by atoms with Gasteiger partial charge < -0.3 is 25.3 Å². The largest absolute Gasteiger partial charge is 0.451 e. The fourth-order valence-electron chi connectivity index (χ4n) is 5.43. The molecule has 0 radical (unpaired) electrons. The molecule has 1 atom stereocenters. The zero-order chi connectivity index (χ0) is 25.6. The maximum absolute atomic E-state index is 13.3. The fraction of sp³-hybridized carbons (Fsp3) is 0.481. The van der Waals surface area contributed by atoms with Gasteiger partial charge >= 0.3 is 0 Å². The normalized spacial score (nSPS) is 23.8. The first-order chi connectivity index (χ1) is 17.9. The highest BCUT2D eigenvalue weighted by Gasteiger charge is 2.50. The second kappa shape index (κ2) is 9.14. The van der Waals surface area contributed by atoms with Crippen molar-refractivity contribution in [3.63, 3.8) is 0 Å². The number of carbonyl (C=O) groups is 3. The molecule has 1 unspecified atom stereocenters. The topological polar surface area (TPSA) is 127 Å². The Kier molecular flexibility index (Phi) is 5.91. The lowest BCUT2D eigenvalue weighted by molar-refractivity contribution is -0.129. The van der Waals surface area contributed by atoms with Crippen LogP contribution >= 0.6 is 11.8 Å². The van der Waals surface area contributed by atoms with Crippen molar-refractivity contribution in [2.45, 2.75) is 74.4 Å². The van der Waals surface area contributed by atoms with E-state index in [4.69, 9.17) is 4.42 Å². The molecular formula is C27H29N5O4S. The molecule has 1 aromatic carbocycles. The Morgan fingerprint density at radius 2 is 1.92 bits per heavy atom. The summed E-state index contributed by atoms with van der Waals surface area (Å²) < 4.78 is 5.95. The lowest BCUT2D eigenvalue weighted by Gasteiger charge is -2.37. The average Bonchev–Trinajstić information content (AvgIpc) is 3.25. The molecule has 0 bridgehead atoms. The predicted molar refractivity (Wildman–Crippen MR) is 139 cm³/mol. The van der Waals surface area contributed by atoms with Crippen molar-refractivity contribution in [2.24, 2.45) is 0 Å². The number of nitrogens with zero attached hydrogens (tertiary/aromatic N) is 2. The van der Waals surface area contributed by atoms with Crippen LogP contribution in [0.5, 0.6) is 0 Å². The van der Waals surface area contributed by atoms with Crippen LogP contribution in [-0.4, -0.2) is 45.7 Å². The minimum Gasteiger partial charge on any atom is -0.451 e. The van der Waals surface area contributed by atoms with E-state index in [1.807, 2.05) is 28.5 Å². The number of hydrogen-bond acceptors (Lipinski definition) is 7. The van der Waals surface area contributed by atoms with Gasteiger partial charge in [-0.3, -0.25) is 14.4 Å². The highest BCUT2D eigenvalue weighted by molar-refractivity contribution is 8.03. The molecule has 0 spiro atoms. The van der Waals surface area contributed by atoms with Crippen molar-refractivity contribution in [1.82, 2.24) is 20.9 Å². The average molecular weight is 520 g/mol. The van der Waals surface area contributed by atoms with Crippen molar-refractivity contribution in [1.29, 1.82) is 5.26 Å². The Morgan fingerprint density at radius 3 is 2.62 bits per heavy atom. The number of nitriles is 1. The van der Waals surface area contributed by atoms with E-state index in [2.05, 4.69) is 22.0 Å². The third-order valence-electron chi connectivity index (χ3n) is 7.85. The Morgan fingerprint density at radius 1 is 1.11 bits per heavy atom. The molecule has 37 heavy (non-hydrogen) atoms. The van der Waals surface area contributed by atoms with Crippen LogP contribution in [0.25, 0.3) is 16.7 Å². The Bertz CT molecular complexity index is 1350. The number of rotatable bonds is 6. The molecule has 1 aromatic heterocycles. The number of nitrogens with one attached hydrogen (secondary N) is 3. The standard InChI is InChI=1S/C27H29N5O4S/c28-16-26(10-11-26)31-24(35)27(8-2-1-3-9-27)30-23(34)21-14-18-7-6-17(13-20(18)36-21)19-15-37-25(29-19)32-12-4-5-22(32)33/h6-7,13-15,25,29H,1-5,8-12H2,(H,30,34)(H,31,35). The van der Waals surface area contributed by atoms with Gasteiger partial charge in [0.1, 0.15) is 16.7 Å². The quantitative estimate of drug-likeness (QED) is 0.532. The Labute approximate surface area is 219 Å². The summed E-state index contributed by atoms with van der Waals surface area (Å²) in [4.78, 5) is 40.5. The van der Waals surface area contributed by atoms with Crippen LogP contribution in [-0.2, 0) is 9.59 Å². The van der Waals surface area contributed by atoms with Crippen LogP contribution in [0.3, 0.4) is 0 Å². The van der Waals surface area contributed by atoms with E-state index in [-0.39, 0.29) is 23.1 Å². The first-order valence-corrected chi connectivity index (χ1v) is 13.9. The van der Waals surface area contributed by atoms with Gasteiger partial charge in [-0.15, -0.1) is 0 Å². The lowest BCUT2D eigenvalue weighted by atomic mass is 9.80. The number of carbonyl (C=O) groups excluding carboxylic acids is 3.